The van der Waals surface area contributed by atoms with Crippen molar-refractivity contribution < 1.29 is 22.7 Å². The van der Waals surface area contributed by atoms with E-state index in [-0.39, 0.29) is 12.3 Å². The number of aliphatic carboxylic acids is 1. The zero-order chi connectivity index (χ0) is 14.0. The summed E-state index contributed by atoms with van der Waals surface area (Å²) in [6, 6.07) is 3.83. The first-order valence-corrected chi connectivity index (χ1v) is 8.11. The summed E-state index contributed by atoms with van der Waals surface area (Å²) >= 11 is 1.37. The van der Waals surface area contributed by atoms with Crippen molar-refractivity contribution in [1.29, 1.82) is 0 Å². The van der Waals surface area contributed by atoms with Gasteiger partial charge in [0, 0.05) is 18.1 Å². The van der Waals surface area contributed by atoms with Gasteiger partial charge in [-0.15, -0.1) is 0 Å². The van der Waals surface area contributed by atoms with E-state index in [1.165, 1.54) is 23.9 Å². The van der Waals surface area contributed by atoms with Crippen molar-refractivity contribution in [2.75, 3.05) is 18.1 Å². The van der Waals surface area contributed by atoms with Gasteiger partial charge in [-0.05, 0) is 12.1 Å². The lowest BCUT2D eigenvalue weighted by molar-refractivity contribution is -0.140. The Hall–Kier alpha value is -1.12. The van der Waals surface area contributed by atoms with Gasteiger partial charge in [-0.1, -0.05) is 12.1 Å². The van der Waals surface area contributed by atoms with Crippen LogP contribution in [0, 0.1) is 5.82 Å². The Kier molecular flexibility index (Phi) is 4.12. The second kappa shape index (κ2) is 5.48. The van der Waals surface area contributed by atoms with Gasteiger partial charge in [0.2, 0.25) is 10.0 Å². The maximum absolute atomic E-state index is 13.6. The number of rotatable bonds is 3. The third-order valence-electron chi connectivity index (χ3n) is 2.79. The number of nitrogens with zero attached hydrogens (tertiary/aromatic N) is 1. The highest BCUT2D eigenvalue weighted by Crippen LogP contribution is 2.26. The predicted octanol–water partition coefficient (Wildman–Crippen LogP) is 1.02. The van der Waals surface area contributed by atoms with Crippen LogP contribution in [0.4, 0.5) is 4.39 Å². The molecule has 1 saturated heterocycles. The van der Waals surface area contributed by atoms with Crippen LogP contribution in [0.3, 0.4) is 0 Å². The molecular formula is C11H12FNO4S2. The molecule has 0 saturated carbocycles. The molecule has 0 aliphatic carbocycles. The third kappa shape index (κ3) is 2.75. The summed E-state index contributed by atoms with van der Waals surface area (Å²) in [4.78, 5) is 10.6. The first-order chi connectivity index (χ1) is 8.94. The summed E-state index contributed by atoms with van der Waals surface area (Å²) in [7, 11) is -4.12. The molecule has 0 aromatic heterocycles. The number of benzene rings is 1. The maximum atomic E-state index is 13.6. The minimum atomic E-state index is -4.12. The van der Waals surface area contributed by atoms with Crippen molar-refractivity contribution >= 4 is 27.8 Å². The summed E-state index contributed by atoms with van der Waals surface area (Å²) in [5.74, 6) is -1.42. The Morgan fingerprint density at radius 1 is 1.42 bits per heavy atom. The van der Waals surface area contributed by atoms with Gasteiger partial charge >= 0.3 is 5.97 Å². The van der Waals surface area contributed by atoms with Crippen molar-refractivity contribution in [3.05, 3.63) is 30.1 Å². The molecule has 1 N–H and O–H groups in total. The average molecular weight is 305 g/mol. The molecule has 0 radical (unpaired) electrons. The molecule has 5 nitrogen and oxygen atoms in total. The molecule has 0 spiro atoms. The van der Waals surface area contributed by atoms with Gasteiger partial charge in [-0.3, -0.25) is 4.79 Å². The number of hydrogen-bond acceptors (Lipinski definition) is 4. The summed E-state index contributed by atoms with van der Waals surface area (Å²) in [5.41, 5.74) is 0. The van der Waals surface area contributed by atoms with Crippen molar-refractivity contribution in [2.45, 2.75) is 10.9 Å². The molecule has 0 amide bonds. The highest BCUT2D eigenvalue weighted by atomic mass is 32.2. The second-order valence-corrected chi connectivity index (χ2v) is 6.98. The number of hydrogen-bond donors (Lipinski definition) is 1. The Morgan fingerprint density at radius 3 is 2.74 bits per heavy atom. The van der Waals surface area contributed by atoms with E-state index in [1.54, 1.807) is 0 Å². The molecule has 1 heterocycles. The van der Waals surface area contributed by atoms with Crippen LogP contribution < -0.4 is 0 Å². The number of carboxylic acids is 1. The highest BCUT2D eigenvalue weighted by molar-refractivity contribution is 7.99. The van der Waals surface area contributed by atoms with Crippen LogP contribution in [0.5, 0.6) is 0 Å². The van der Waals surface area contributed by atoms with Crippen molar-refractivity contribution in [3.63, 3.8) is 0 Å². The summed E-state index contributed by atoms with van der Waals surface area (Å²) < 4.78 is 39.1. The molecule has 1 fully saturated rings. The van der Waals surface area contributed by atoms with Crippen LogP contribution in [-0.4, -0.2) is 47.9 Å². The minimum Gasteiger partial charge on any atom is -0.480 e. The maximum Gasteiger partial charge on any atom is 0.322 e. The van der Waals surface area contributed by atoms with Crippen molar-refractivity contribution in [2.24, 2.45) is 0 Å². The summed E-state index contributed by atoms with van der Waals surface area (Å²) in [6.45, 7) is 0.0678. The number of carbonyl (C=O) groups is 1. The Balaban J connectivity index is 2.43. The monoisotopic (exact) mass is 305 g/mol. The smallest absolute Gasteiger partial charge is 0.322 e. The van der Waals surface area contributed by atoms with Gasteiger partial charge in [0.15, 0.2) is 0 Å². The van der Waals surface area contributed by atoms with Crippen LogP contribution in [0.1, 0.15) is 0 Å². The van der Waals surface area contributed by atoms with Crippen LogP contribution in [0.15, 0.2) is 29.2 Å². The van der Waals surface area contributed by atoms with Crippen molar-refractivity contribution in [3.8, 4) is 0 Å². The standard InChI is InChI=1S/C11H12FNO4S2/c12-8-3-1-2-4-10(8)19(16,17)13-5-6-18-7-9(13)11(14)15/h1-4,9H,5-7H2,(H,14,15)/t9-/m0/s1. The molecular weight excluding hydrogens is 293 g/mol. The predicted molar refractivity (Wildman–Crippen MR) is 69.0 cm³/mol. The number of carboxylic acid groups (broad SMARTS) is 1. The van der Waals surface area contributed by atoms with E-state index in [0.29, 0.717) is 5.75 Å². The fourth-order valence-corrected chi connectivity index (χ4v) is 4.75. The molecule has 8 heteroatoms. The van der Waals surface area contributed by atoms with E-state index in [0.717, 1.165) is 16.4 Å². The Labute approximate surface area is 114 Å². The molecule has 1 atom stereocenters. The average Bonchev–Trinajstić information content (AvgIpc) is 2.39. The summed E-state index contributed by atoms with van der Waals surface area (Å²) in [6.07, 6.45) is 0. The molecule has 19 heavy (non-hydrogen) atoms. The normalized spacial score (nSPS) is 21.2. The van der Waals surface area contributed by atoms with Gasteiger partial charge in [0.05, 0.1) is 0 Å². The van der Waals surface area contributed by atoms with Gasteiger partial charge in [-0.25, -0.2) is 12.8 Å². The zero-order valence-corrected chi connectivity index (χ0v) is 11.5. The van der Waals surface area contributed by atoms with E-state index in [1.807, 2.05) is 0 Å². The number of sulfonamides is 1. The van der Waals surface area contributed by atoms with E-state index < -0.39 is 32.7 Å². The fourth-order valence-electron chi connectivity index (χ4n) is 1.85. The Bertz CT molecular complexity index is 590. The molecule has 1 aliphatic rings. The molecule has 2 rings (SSSR count). The largest absolute Gasteiger partial charge is 0.480 e. The zero-order valence-electron chi connectivity index (χ0n) is 9.82. The lowest BCUT2D eigenvalue weighted by Crippen LogP contribution is -2.50. The molecule has 1 aromatic carbocycles. The minimum absolute atomic E-state index is 0.0678. The van der Waals surface area contributed by atoms with Gasteiger partial charge < -0.3 is 5.11 Å². The van der Waals surface area contributed by atoms with E-state index in [4.69, 9.17) is 5.11 Å². The third-order valence-corrected chi connectivity index (χ3v) is 5.75. The van der Waals surface area contributed by atoms with Crippen LogP contribution in [0.2, 0.25) is 0 Å². The summed E-state index contributed by atoms with van der Waals surface area (Å²) in [5, 5.41) is 9.08. The van der Waals surface area contributed by atoms with E-state index in [2.05, 4.69) is 0 Å². The van der Waals surface area contributed by atoms with Crippen LogP contribution >= 0.6 is 11.8 Å². The highest BCUT2D eigenvalue weighted by Gasteiger charge is 2.38. The lowest BCUT2D eigenvalue weighted by atomic mass is 10.3. The van der Waals surface area contributed by atoms with Gasteiger partial charge in [0.1, 0.15) is 16.8 Å². The molecule has 0 unspecified atom stereocenters. The fraction of sp³-hybridized carbons (Fsp3) is 0.364. The first kappa shape index (κ1) is 14.3. The van der Waals surface area contributed by atoms with Crippen molar-refractivity contribution in [1.82, 2.24) is 4.31 Å². The van der Waals surface area contributed by atoms with Gasteiger partial charge in [-0.2, -0.15) is 16.1 Å². The number of thioether (sulfide) groups is 1. The molecule has 0 bridgehead atoms. The van der Waals surface area contributed by atoms with E-state index >= 15 is 0 Å². The molecule has 104 valence electrons. The van der Waals surface area contributed by atoms with Crippen LogP contribution in [0.25, 0.3) is 0 Å². The molecule has 1 aliphatic heterocycles. The van der Waals surface area contributed by atoms with E-state index in [9.17, 15) is 17.6 Å². The lowest BCUT2D eigenvalue weighted by Gasteiger charge is -2.31. The Morgan fingerprint density at radius 2 is 2.11 bits per heavy atom. The second-order valence-electron chi connectivity index (χ2n) is 3.98. The van der Waals surface area contributed by atoms with Crippen LogP contribution in [-0.2, 0) is 14.8 Å². The number of halogens is 1. The SMILES string of the molecule is O=C(O)[C@@H]1CSCCN1S(=O)(=O)c1ccccc1F. The first-order valence-electron chi connectivity index (χ1n) is 5.51. The van der Waals surface area contributed by atoms with Gasteiger partial charge in [0.25, 0.3) is 0 Å². The quantitative estimate of drug-likeness (QED) is 0.902. The topological polar surface area (TPSA) is 74.7 Å². The molecule has 1 aromatic rings.